The number of furan rings is 1. The van der Waals surface area contributed by atoms with Crippen molar-refractivity contribution in [2.45, 2.75) is 43.2 Å². The fourth-order valence-electron chi connectivity index (χ4n) is 5.12. The third-order valence-electron chi connectivity index (χ3n) is 7.30. The number of carbonyl (C=O) groups is 3. The Bertz CT molecular complexity index is 1500. The van der Waals surface area contributed by atoms with Gasteiger partial charge in [-0.05, 0) is 61.6 Å². The minimum atomic E-state index is -4.22. The number of nitrogens with one attached hydrogen (secondary N) is 1. The van der Waals surface area contributed by atoms with Crippen LogP contribution in [0.3, 0.4) is 0 Å². The Morgan fingerprint density at radius 2 is 1.88 bits per heavy atom. The van der Waals surface area contributed by atoms with Crippen molar-refractivity contribution in [2.24, 2.45) is 0 Å². The quantitative estimate of drug-likeness (QED) is 0.401. The van der Waals surface area contributed by atoms with E-state index >= 15 is 0 Å². The zero-order valence-electron chi connectivity index (χ0n) is 22.1. The molecule has 2 atom stereocenters. The first kappa shape index (κ1) is 27.6. The van der Waals surface area contributed by atoms with E-state index in [9.17, 15) is 22.8 Å². The lowest BCUT2D eigenvalue weighted by Crippen LogP contribution is -2.49. The molecule has 10 nitrogen and oxygen atoms in total. The first-order chi connectivity index (χ1) is 19.3. The molecule has 1 aromatic heterocycles. The number of fused-ring (bicyclic) bond motifs is 1. The Morgan fingerprint density at radius 3 is 2.58 bits per heavy atom. The summed E-state index contributed by atoms with van der Waals surface area (Å²) in [7, 11) is -4.22. The Morgan fingerprint density at radius 1 is 1.10 bits per heavy atom. The van der Waals surface area contributed by atoms with Crippen LogP contribution >= 0.6 is 0 Å². The van der Waals surface area contributed by atoms with E-state index in [4.69, 9.17) is 9.15 Å². The number of hydrogen-bond donors (Lipinski definition) is 1. The molecule has 0 spiro atoms. The molecule has 11 heteroatoms. The van der Waals surface area contributed by atoms with E-state index in [-0.39, 0.29) is 35.4 Å². The molecule has 2 aromatic carbocycles. The van der Waals surface area contributed by atoms with Crippen LogP contribution in [0.5, 0.6) is 0 Å². The average Bonchev–Trinajstić information content (AvgIpc) is 3.70. The van der Waals surface area contributed by atoms with E-state index in [1.54, 1.807) is 18.2 Å². The van der Waals surface area contributed by atoms with Gasteiger partial charge in [-0.1, -0.05) is 36.4 Å². The van der Waals surface area contributed by atoms with E-state index < -0.39 is 40.3 Å². The third kappa shape index (κ3) is 5.52. The van der Waals surface area contributed by atoms with Crippen LogP contribution < -0.4 is 5.32 Å². The summed E-state index contributed by atoms with van der Waals surface area (Å²) >= 11 is 0. The SMILES string of the molecule is Cc1ccccc1CCN(C(=O)CN1C(=O)c2ccccc2S1(=O)=O)[C@H](C(=O)NC[C@H]1CCCO1)c1ccco1. The largest absolute Gasteiger partial charge is 0.467 e. The van der Waals surface area contributed by atoms with Gasteiger partial charge in [0.2, 0.25) is 5.91 Å². The van der Waals surface area contributed by atoms with Gasteiger partial charge < -0.3 is 19.4 Å². The van der Waals surface area contributed by atoms with Crippen molar-refractivity contribution >= 4 is 27.7 Å². The predicted molar refractivity (Wildman–Crippen MR) is 145 cm³/mol. The molecule has 0 bridgehead atoms. The lowest BCUT2D eigenvalue weighted by Gasteiger charge is -2.31. The molecule has 2 aliphatic rings. The molecule has 1 fully saturated rings. The van der Waals surface area contributed by atoms with Crippen LogP contribution in [0, 0.1) is 6.92 Å². The number of rotatable bonds is 10. The van der Waals surface area contributed by atoms with Gasteiger partial charge in [-0.2, -0.15) is 0 Å². The van der Waals surface area contributed by atoms with Crippen molar-refractivity contribution < 1.29 is 32.0 Å². The molecular formula is C29H31N3O7S. The Kier molecular flexibility index (Phi) is 8.04. The number of hydrogen-bond acceptors (Lipinski definition) is 7. The molecule has 1 saturated heterocycles. The average molecular weight is 566 g/mol. The number of sulfonamides is 1. The number of carbonyl (C=O) groups excluding carboxylic acids is 3. The van der Waals surface area contributed by atoms with Gasteiger partial charge in [0.25, 0.3) is 21.8 Å². The van der Waals surface area contributed by atoms with Gasteiger partial charge in [-0.25, -0.2) is 12.7 Å². The summed E-state index contributed by atoms with van der Waals surface area (Å²) in [4.78, 5) is 41.7. The van der Waals surface area contributed by atoms with Crippen LogP contribution in [0.4, 0.5) is 0 Å². The smallest absolute Gasteiger partial charge is 0.269 e. The Balaban J connectivity index is 1.45. The van der Waals surface area contributed by atoms with Crippen LogP contribution in [0.15, 0.2) is 76.2 Å². The first-order valence-corrected chi connectivity index (χ1v) is 14.6. The Hall–Kier alpha value is -3.96. The van der Waals surface area contributed by atoms with Crippen molar-refractivity contribution in [2.75, 3.05) is 26.2 Å². The van der Waals surface area contributed by atoms with Crippen molar-refractivity contribution in [3.8, 4) is 0 Å². The normalized spacial score (nSPS) is 18.4. The molecule has 1 N–H and O–H groups in total. The number of amides is 3. The van der Waals surface area contributed by atoms with Crippen molar-refractivity contribution in [3.63, 3.8) is 0 Å². The van der Waals surface area contributed by atoms with E-state index in [1.165, 1.54) is 29.4 Å². The highest BCUT2D eigenvalue weighted by Crippen LogP contribution is 2.31. The molecule has 0 aliphatic carbocycles. The molecule has 3 heterocycles. The number of ether oxygens (including phenoxy) is 1. The van der Waals surface area contributed by atoms with Gasteiger partial charge in [0.15, 0.2) is 6.04 Å². The fourth-order valence-corrected chi connectivity index (χ4v) is 6.64. The molecule has 2 aliphatic heterocycles. The van der Waals surface area contributed by atoms with Crippen molar-refractivity contribution in [1.82, 2.24) is 14.5 Å². The monoisotopic (exact) mass is 565 g/mol. The molecule has 3 aromatic rings. The topological polar surface area (TPSA) is 126 Å². The predicted octanol–water partition coefficient (Wildman–Crippen LogP) is 2.84. The highest BCUT2D eigenvalue weighted by Gasteiger charge is 2.44. The summed E-state index contributed by atoms with van der Waals surface area (Å²) in [5.74, 6) is -1.74. The maximum atomic E-state index is 13.9. The maximum Gasteiger partial charge on any atom is 0.269 e. The molecule has 0 saturated carbocycles. The van der Waals surface area contributed by atoms with E-state index in [0.29, 0.717) is 17.3 Å². The lowest BCUT2D eigenvalue weighted by molar-refractivity contribution is -0.141. The highest BCUT2D eigenvalue weighted by molar-refractivity contribution is 7.90. The summed E-state index contributed by atoms with van der Waals surface area (Å²) in [5.41, 5.74) is 1.99. The summed E-state index contributed by atoms with van der Waals surface area (Å²) in [6.45, 7) is 2.18. The fraction of sp³-hybridized carbons (Fsp3) is 0.345. The van der Waals surface area contributed by atoms with E-state index in [0.717, 1.165) is 24.0 Å². The molecular weight excluding hydrogens is 534 g/mol. The maximum absolute atomic E-state index is 13.9. The molecule has 40 heavy (non-hydrogen) atoms. The van der Waals surface area contributed by atoms with Gasteiger partial charge in [0.05, 0.1) is 17.9 Å². The van der Waals surface area contributed by atoms with Gasteiger partial charge in [-0.3, -0.25) is 14.4 Å². The molecule has 210 valence electrons. The Labute approximate surface area is 233 Å². The lowest BCUT2D eigenvalue weighted by atomic mass is 10.0. The van der Waals surface area contributed by atoms with Gasteiger partial charge in [0, 0.05) is 19.7 Å². The van der Waals surface area contributed by atoms with Gasteiger partial charge in [-0.15, -0.1) is 0 Å². The van der Waals surface area contributed by atoms with Crippen LogP contribution in [0.1, 0.15) is 46.1 Å². The summed E-state index contributed by atoms with van der Waals surface area (Å²) < 4.78 is 38.2. The van der Waals surface area contributed by atoms with Gasteiger partial charge >= 0.3 is 0 Å². The standard InChI is InChI=1S/C29H31N3O7S/c1-20-8-2-3-9-21(20)14-15-31(26(33)19-32-29(35)23-11-4-5-13-25(23)40(32,36)37)27(24-12-7-17-39-24)28(34)30-18-22-10-6-16-38-22/h2-5,7-9,11-13,17,22,27H,6,10,14-16,18-19H2,1H3,(H,30,34)/t22-,27+/m1/s1. The number of benzene rings is 2. The second-order valence-corrected chi connectivity index (χ2v) is 11.7. The van der Waals surface area contributed by atoms with Crippen molar-refractivity contribution in [1.29, 1.82) is 0 Å². The zero-order valence-corrected chi connectivity index (χ0v) is 22.9. The van der Waals surface area contributed by atoms with Crippen LogP contribution in [0.2, 0.25) is 0 Å². The third-order valence-corrected chi connectivity index (χ3v) is 9.08. The zero-order chi connectivity index (χ0) is 28.3. The second kappa shape index (κ2) is 11.6. The molecule has 5 rings (SSSR count). The van der Waals surface area contributed by atoms with Crippen LogP contribution in [-0.2, 0) is 30.8 Å². The van der Waals surface area contributed by atoms with Crippen LogP contribution in [-0.4, -0.2) is 67.7 Å². The molecule has 0 unspecified atom stereocenters. The minimum absolute atomic E-state index is 0.0126. The second-order valence-electron chi connectivity index (χ2n) is 9.87. The number of nitrogens with zero attached hydrogens (tertiary/aromatic N) is 2. The summed E-state index contributed by atoms with van der Waals surface area (Å²) in [5, 5.41) is 2.87. The minimum Gasteiger partial charge on any atom is -0.467 e. The summed E-state index contributed by atoms with van der Waals surface area (Å²) in [6, 6.07) is 15.6. The van der Waals surface area contributed by atoms with Crippen molar-refractivity contribution in [3.05, 3.63) is 89.4 Å². The highest BCUT2D eigenvalue weighted by atomic mass is 32.2. The van der Waals surface area contributed by atoms with Gasteiger partial charge in [0.1, 0.15) is 17.2 Å². The summed E-state index contributed by atoms with van der Waals surface area (Å²) in [6.07, 6.45) is 3.41. The number of aryl methyl sites for hydroxylation is 1. The van der Waals surface area contributed by atoms with E-state index in [1.807, 2.05) is 31.2 Å². The molecule has 3 amide bonds. The van der Waals surface area contributed by atoms with Crippen LogP contribution in [0.25, 0.3) is 0 Å². The molecule has 0 radical (unpaired) electrons. The first-order valence-electron chi connectivity index (χ1n) is 13.2. The van der Waals surface area contributed by atoms with E-state index in [2.05, 4.69) is 5.32 Å².